The normalized spacial score (nSPS) is 25.6. The number of hydrogen-bond acceptors (Lipinski definition) is 3. The van der Waals surface area contributed by atoms with Gasteiger partial charge in [-0.1, -0.05) is 49.6 Å². The van der Waals surface area contributed by atoms with Gasteiger partial charge in [0.15, 0.2) is 0 Å². The summed E-state index contributed by atoms with van der Waals surface area (Å²) >= 11 is 0. The minimum Gasteiger partial charge on any atom is -0.467 e. The number of rotatable bonds is 3. The van der Waals surface area contributed by atoms with Crippen molar-refractivity contribution in [3.05, 3.63) is 47.2 Å². The SMILES string of the molecule is C/C=C1/N=C(c2ccc(C3CCCCC3)cc2)C(C)O/C1=N/CC. The van der Waals surface area contributed by atoms with Crippen molar-refractivity contribution in [3.8, 4) is 0 Å². The fourth-order valence-electron chi connectivity index (χ4n) is 3.66. The van der Waals surface area contributed by atoms with Crippen LogP contribution in [0.1, 0.15) is 69.9 Å². The van der Waals surface area contributed by atoms with Crippen molar-refractivity contribution in [2.24, 2.45) is 9.98 Å². The largest absolute Gasteiger partial charge is 0.467 e. The van der Waals surface area contributed by atoms with Crippen molar-refractivity contribution in [3.63, 3.8) is 0 Å². The molecule has 1 aromatic carbocycles. The number of benzene rings is 1. The Morgan fingerprint density at radius 2 is 1.88 bits per heavy atom. The van der Waals surface area contributed by atoms with Gasteiger partial charge in [-0.25, -0.2) is 4.99 Å². The molecule has 24 heavy (non-hydrogen) atoms. The Hall–Kier alpha value is -1.90. The molecule has 1 aliphatic carbocycles. The van der Waals surface area contributed by atoms with Crippen LogP contribution in [0.5, 0.6) is 0 Å². The molecule has 0 N–H and O–H groups in total. The fourth-order valence-corrected chi connectivity index (χ4v) is 3.66. The summed E-state index contributed by atoms with van der Waals surface area (Å²) in [4.78, 5) is 9.22. The highest BCUT2D eigenvalue weighted by Crippen LogP contribution is 2.33. The first kappa shape index (κ1) is 16.9. The Balaban J connectivity index is 1.84. The Morgan fingerprint density at radius 3 is 2.50 bits per heavy atom. The van der Waals surface area contributed by atoms with Crippen molar-refractivity contribution in [2.45, 2.75) is 64.9 Å². The molecule has 0 bridgehead atoms. The molecule has 1 aromatic rings. The Labute approximate surface area is 145 Å². The van der Waals surface area contributed by atoms with E-state index in [1.165, 1.54) is 37.7 Å². The molecular formula is C21H28N2O. The molecular weight excluding hydrogens is 296 g/mol. The fraction of sp³-hybridized carbons (Fsp3) is 0.524. The maximum atomic E-state index is 5.99. The number of allylic oxidation sites excluding steroid dienone is 1. The average Bonchev–Trinajstić information content (AvgIpc) is 2.63. The van der Waals surface area contributed by atoms with Gasteiger partial charge in [0.25, 0.3) is 0 Å². The molecule has 1 heterocycles. The molecule has 1 atom stereocenters. The van der Waals surface area contributed by atoms with Gasteiger partial charge in [-0.3, -0.25) is 4.99 Å². The second kappa shape index (κ2) is 7.78. The Bertz CT molecular complexity index is 649. The van der Waals surface area contributed by atoms with E-state index in [9.17, 15) is 0 Å². The van der Waals surface area contributed by atoms with E-state index in [1.807, 2.05) is 26.8 Å². The monoisotopic (exact) mass is 324 g/mol. The van der Waals surface area contributed by atoms with Gasteiger partial charge in [0.2, 0.25) is 5.90 Å². The minimum atomic E-state index is -0.0699. The lowest BCUT2D eigenvalue weighted by molar-refractivity contribution is 0.267. The van der Waals surface area contributed by atoms with Crippen LogP contribution in [0.4, 0.5) is 0 Å². The molecule has 0 aromatic heterocycles. The molecule has 1 aliphatic heterocycles. The van der Waals surface area contributed by atoms with Crippen molar-refractivity contribution in [1.82, 2.24) is 0 Å². The molecule has 0 saturated heterocycles. The van der Waals surface area contributed by atoms with E-state index in [2.05, 4.69) is 29.3 Å². The van der Waals surface area contributed by atoms with E-state index < -0.39 is 0 Å². The average molecular weight is 324 g/mol. The molecule has 3 rings (SSSR count). The second-order valence-electron chi connectivity index (χ2n) is 6.67. The summed E-state index contributed by atoms with van der Waals surface area (Å²) in [7, 11) is 0. The summed E-state index contributed by atoms with van der Waals surface area (Å²) in [6.45, 7) is 6.75. The molecule has 3 nitrogen and oxygen atoms in total. The summed E-state index contributed by atoms with van der Waals surface area (Å²) < 4.78 is 5.99. The highest BCUT2D eigenvalue weighted by atomic mass is 16.5. The number of hydrogen-bond donors (Lipinski definition) is 0. The lowest BCUT2D eigenvalue weighted by Gasteiger charge is -2.25. The van der Waals surface area contributed by atoms with Crippen LogP contribution >= 0.6 is 0 Å². The van der Waals surface area contributed by atoms with E-state index >= 15 is 0 Å². The van der Waals surface area contributed by atoms with Gasteiger partial charge in [0, 0.05) is 6.54 Å². The van der Waals surface area contributed by atoms with Gasteiger partial charge in [-0.15, -0.1) is 0 Å². The molecule has 0 radical (unpaired) electrons. The highest BCUT2D eigenvalue weighted by molar-refractivity contribution is 6.10. The Kier molecular flexibility index (Phi) is 5.49. The molecule has 0 amide bonds. The van der Waals surface area contributed by atoms with Crippen LogP contribution in [-0.2, 0) is 4.74 Å². The zero-order valence-electron chi connectivity index (χ0n) is 15.1. The zero-order valence-corrected chi connectivity index (χ0v) is 15.1. The summed E-state index contributed by atoms with van der Waals surface area (Å²) in [5.74, 6) is 1.40. The third-order valence-electron chi connectivity index (χ3n) is 4.99. The highest BCUT2D eigenvalue weighted by Gasteiger charge is 2.25. The number of nitrogens with zero attached hydrogens (tertiary/aromatic N) is 2. The summed E-state index contributed by atoms with van der Waals surface area (Å²) in [6.07, 6.45) is 8.70. The standard InChI is InChI=1S/C21H28N2O/c1-4-19-21(22-5-2)24-15(3)20(23-19)18-13-11-17(12-14-18)16-9-7-6-8-10-16/h4,11-16H,5-10H2,1-3H3/b19-4+,22-21+. The minimum absolute atomic E-state index is 0.0699. The van der Waals surface area contributed by atoms with Crippen LogP contribution in [0.15, 0.2) is 46.0 Å². The maximum Gasteiger partial charge on any atom is 0.235 e. The summed E-state index contributed by atoms with van der Waals surface area (Å²) in [5, 5.41) is 0. The van der Waals surface area contributed by atoms with Gasteiger partial charge in [-0.2, -0.15) is 0 Å². The van der Waals surface area contributed by atoms with Crippen molar-refractivity contribution >= 4 is 11.6 Å². The summed E-state index contributed by atoms with van der Waals surface area (Å²) in [6, 6.07) is 8.98. The molecule has 0 spiro atoms. The number of aliphatic imine (C=N–C) groups is 2. The van der Waals surface area contributed by atoms with Gasteiger partial charge < -0.3 is 4.74 Å². The summed E-state index contributed by atoms with van der Waals surface area (Å²) in [5.41, 5.74) is 4.45. The van der Waals surface area contributed by atoms with Crippen LogP contribution in [0.25, 0.3) is 0 Å². The van der Waals surface area contributed by atoms with Crippen LogP contribution in [0.2, 0.25) is 0 Å². The molecule has 1 unspecified atom stereocenters. The maximum absolute atomic E-state index is 5.99. The first-order valence-electron chi connectivity index (χ1n) is 9.29. The van der Waals surface area contributed by atoms with Crippen LogP contribution < -0.4 is 0 Å². The molecule has 128 valence electrons. The van der Waals surface area contributed by atoms with Crippen LogP contribution in [0.3, 0.4) is 0 Å². The molecule has 3 heteroatoms. The van der Waals surface area contributed by atoms with E-state index in [-0.39, 0.29) is 6.10 Å². The third-order valence-corrected chi connectivity index (χ3v) is 4.99. The van der Waals surface area contributed by atoms with E-state index in [1.54, 1.807) is 0 Å². The first-order chi connectivity index (χ1) is 11.7. The smallest absolute Gasteiger partial charge is 0.235 e. The lowest BCUT2D eigenvalue weighted by atomic mass is 9.83. The number of ether oxygens (including phenoxy) is 1. The van der Waals surface area contributed by atoms with Crippen molar-refractivity contribution < 1.29 is 4.74 Å². The topological polar surface area (TPSA) is 34.0 Å². The van der Waals surface area contributed by atoms with Crippen molar-refractivity contribution in [1.29, 1.82) is 0 Å². The predicted octanol–water partition coefficient (Wildman–Crippen LogP) is 5.26. The first-order valence-corrected chi connectivity index (χ1v) is 9.29. The quantitative estimate of drug-likeness (QED) is 0.746. The van der Waals surface area contributed by atoms with Gasteiger partial charge in [0.05, 0.1) is 5.71 Å². The van der Waals surface area contributed by atoms with Gasteiger partial charge in [-0.05, 0) is 50.7 Å². The van der Waals surface area contributed by atoms with E-state index in [0.717, 1.165) is 22.9 Å². The van der Waals surface area contributed by atoms with Gasteiger partial charge >= 0.3 is 0 Å². The van der Waals surface area contributed by atoms with Crippen molar-refractivity contribution in [2.75, 3.05) is 6.54 Å². The lowest BCUT2D eigenvalue weighted by Crippen LogP contribution is -2.31. The van der Waals surface area contributed by atoms with Crippen LogP contribution in [-0.4, -0.2) is 24.3 Å². The van der Waals surface area contributed by atoms with E-state index in [0.29, 0.717) is 12.4 Å². The molecule has 1 saturated carbocycles. The Morgan fingerprint density at radius 1 is 1.17 bits per heavy atom. The molecule has 2 aliphatic rings. The molecule has 1 fully saturated rings. The third kappa shape index (κ3) is 3.61. The van der Waals surface area contributed by atoms with Crippen LogP contribution in [0, 0.1) is 0 Å². The second-order valence-corrected chi connectivity index (χ2v) is 6.67. The van der Waals surface area contributed by atoms with Gasteiger partial charge in [0.1, 0.15) is 11.8 Å². The zero-order chi connectivity index (χ0) is 16.9. The van der Waals surface area contributed by atoms with E-state index in [4.69, 9.17) is 9.73 Å². The predicted molar refractivity (Wildman–Crippen MR) is 101 cm³/mol.